The second-order valence-electron chi connectivity index (χ2n) is 4.07. The van der Waals surface area contributed by atoms with Crippen molar-refractivity contribution in [2.24, 2.45) is 0 Å². The molecule has 100 valence electrons. The van der Waals surface area contributed by atoms with Gasteiger partial charge in [-0.3, -0.25) is 4.79 Å². The largest absolute Gasteiger partial charge is 0.494 e. The van der Waals surface area contributed by atoms with Gasteiger partial charge in [-0.05, 0) is 30.5 Å². The van der Waals surface area contributed by atoms with Crippen LogP contribution in [0.5, 0.6) is 5.75 Å². The van der Waals surface area contributed by atoms with Crippen molar-refractivity contribution < 1.29 is 9.53 Å². The maximum Gasteiger partial charge on any atom is 0.242 e. The summed E-state index contributed by atoms with van der Waals surface area (Å²) in [6.45, 7) is 5.36. The Labute approximate surface area is 113 Å². The molecule has 0 saturated carbocycles. The molecule has 1 rings (SSSR count). The van der Waals surface area contributed by atoms with Crippen LogP contribution in [0.2, 0.25) is 0 Å². The Kier molecular flexibility index (Phi) is 6.58. The molecule has 0 radical (unpaired) electrons. The third kappa shape index (κ3) is 4.57. The summed E-state index contributed by atoms with van der Waals surface area (Å²) in [5, 5.41) is 2.12. The molecule has 3 nitrogen and oxygen atoms in total. The lowest BCUT2D eigenvalue weighted by Gasteiger charge is -2.12. The number of amides is 1. The van der Waals surface area contributed by atoms with Crippen LogP contribution in [0.3, 0.4) is 0 Å². The zero-order chi connectivity index (χ0) is 13.4. The van der Waals surface area contributed by atoms with Crippen molar-refractivity contribution in [3.8, 4) is 5.75 Å². The third-order valence-electron chi connectivity index (χ3n) is 2.40. The number of halogens is 1. The smallest absolute Gasteiger partial charge is 0.242 e. The summed E-state index contributed by atoms with van der Waals surface area (Å²) in [6.07, 6.45) is 1.85. The van der Waals surface area contributed by atoms with E-state index < -0.39 is 5.38 Å². The van der Waals surface area contributed by atoms with Gasteiger partial charge in [0.1, 0.15) is 11.1 Å². The van der Waals surface area contributed by atoms with Crippen molar-refractivity contribution in [3.63, 3.8) is 0 Å². The van der Waals surface area contributed by atoms with E-state index in [9.17, 15) is 4.79 Å². The van der Waals surface area contributed by atoms with Crippen molar-refractivity contribution in [1.82, 2.24) is 5.32 Å². The molecule has 0 aliphatic carbocycles. The van der Waals surface area contributed by atoms with Gasteiger partial charge in [-0.2, -0.15) is 0 Å². The standard InChI is InChI=1S/C14H20ClNO2/c1-3-8-16-14(17)13(15)11-6-5-7-12(10-11)18-9-4-2/h5-7,10,13H,3-4,8-9H2,1-2H3,(H,16,17). The molecule has 1 aromatic rings. The Morgan fingerprint density at radius 1 is 1.39 bits per heavy atom. The molecule has 0 saturated heterocycles. The topological polar surface area (TPSA) is 38.3 Å². The highest BCUT2D eigenvalue weighted by Crippen LogP contribution is 2.24. The first-order valence-corrected chi connectivity index (χ1v) is 6.77. The average molecular weight is 270 g/mol. The van der Waals surface area contributed by atoms with Crippen LogP contribution < -0.4 is 10.1 Å². The van der Waals surface area contributed by atoms with Crippen LogP contribution in [0.4, 0.5) is 0 Å². The molecule has 1 atom stereocenters. The number of benzene rings is 1. The molecule has 0 spiro atoms. The van der Waals surface area contributed by atoms with Crippen molar-refractivity contribution in [2.45, 2.75) is 32.1 Å². The molecular formula is C14H20ClNO2. The fourth-order valence-corrected chi connectivity index (χ4v) is 1.68. The Balaban J connectivity index is 2.66. The summed E-state index contributed by atoms with van der Waals surface area (Å²) >= 11 is 6.13. The molecule has 1 unspecified atom stereocenters. The first kappa shape index (κ1) is 14.8. The normalized spacial score (nSPS) is 11.9. The molecule has 0 aromatic heterocycles. The van der Waals surface area contributed by atoms with E-state index >= 15 is 0 Å². The summed E-state index contributed by atoms with van der Waals surface area (Å²) in [5.41, 5.74) is 0.763. The maximum absolute atomic E-state index is 11.7. The minimum atomic E-state index is -0.665. The SMILES string of the molecule is CCCNC(=O)C(Cl)c1cccc(OCCC)c1. The summed E-state index contributed by atoms with van der Waals surface area (Å²) in [4.78, 5) is 11.7. The van der Waals surface area contributed by atoms with Gasteiger partial charge in [-0.1, -0.05) is 26.0 Å². The second-order valence-corrected chi connectivity index (χ2v) is 4.51. The number of nitrogens with one attached hydrogen (secondary N) is 1. The lowest BCUT2D eigenvalue weighted by atomic mass is 10.1. The summed E-state index contributed by atoms with van der Waals surface area (Å²) in [7, 11) is 0. The number of ether oxygens (including phenoxy) is 1. The minimum Gasteiger partial charge on any atom is -0.494 e. The summed E-state index contributed by atoms with van der Waals surface area (Å²) in [5.74, 6) is 0.592. The molecule has 4 heteroatoms. The molecule has 0 heterocycles. The Bertz CT molecular complexity index is 382. The van der Waals surface area contributed by atoms with E-state index in [2.05, 4.69) is 5.32 Å². The van der Waals surface area contributed by atoms with E-state index in [1.165, 1.54) is 0 Å². The lowest BCUT2D eigenvalue weighted by molar-refractivity contribution is -0.120. The van der Waals surface area contributed by atoms with Gasteiger partial charge in [-0.15, -0.1) is 11.6 Å². The number of alkyl halides is 1. The number of carbonyl (C=O) groups excluding carboxylic acids is 1. The quantitative estimate of drug-likeness (QED) is 0.772. The van der Waals surface area contributed by atoms with Gasteiger partial charge in [0.15, 0.2) is 0 Å². The van der Waals surface area contributed by atoms with Gasteiger partial charge in [-0.25, -0.2) is 0 Å². The third-order valence-corrected chi connectivity index (χ3v) is 2.85. The Morgan fingerprint density at radius 3 is 2.83 bits per heavy atom. The first-order valence-electron chi connectivity index (χ1n) is 6.33. The van der Waals surface area contributed by atoms with E-state index in [1.54, 1.807) is 0 Å². The van der Waals surface area contributed by atoms with E-state index in [4.69, 9.17) is 16.3 Å². The highest BCUT2D eigenvalue weighted by atomic mass is 35.5. The van der Waals surface area contributed by atoms with Crippen molar-refractivity contribution in [1.29, 1.82) is 0 Å². The van der Waals surface area contributed by atoms with Gasteiger partial charge >= 0.3 is 0 Å². The van der Waals surface area contributed by atoms with E-state index in [0.717, 1.165) is 24.2 Å². The van der Waals surface area contributed by atoms with Gasteiger partial charge in [0.25, 0.3) is 0 Å². The predicted octanol–water partition coefficient (Wildman–Crippen LogP) is 3.28. The Hall–Kier alpha value is -1.22. The van der Waals surface area contributed by atoms with E-state index in [-0.39, 0.29) is 5.91 Å². The fourth-order valence-electron chi connectivity index (χ4n) is 1.47. The molecule has 1 aromatic carbocycles. The first-order chi connectivity index (χ1) is 8.69. The number of hydrogen-bond donors (Lipinski definition) is 1. The number of rotatable bonds is 7. The molecule has 1 N–H and O–H groups in total. The molecule has 0 aliphatic rings. The van der Waals surface area contributed by atoms with Crippen molar-refractivity contribution in [3.05, 3.63) is 29.8 Å². The van der Waals surface area contributed by atoms with Gasteiger partial charge in [0.05, 0.1) is 6.61 Å². The van der Waals surface area contributed by atoms with Crippen molar-refractivity contribution >= 4 is 17.5 Å². The molecule has 0 bridgehead atoms. The molecule has 1 amide bonds. The van der Waals surface area contributed by atoms with Crippen LogP contribution >= 0.6 is 11.6 Å². The number of carbonyl (C=O) groups is 1. The molecule has 0 aliphatic heterocycles. The molecule has 18 heavy (non-hydrogen) atoms. The van der Waals surface area contributed by atoms with Crippen LogP contribution in [-0.4, -0.2) is 19.1 Å². The van der Waals surface area contributed by atoms with Crippen LogP contribution in [0.15, 0.2) is 24.3 Å². The number of hydrogen-bond acceptors (Lipinski definition) is 2. The van der Waals surface area contributed by atoms with Crippen LogP contribution in [-0.2, 0) is 4.79 Å². The zero-order valence-corrected chi connectivity index (χ0v) is 11.7. The highest BCUT2D eigenvalue weighted by Gasteiger charge is 2.17. The maximum atomic E-state index is 11.7. The summed E-state index contributed by atoms with van der Waals surface area (Å²) in [6, 6.07) is 7.37. The minimum absolute atomic E-state index is 0.161. The molecular weight excluding hydrogens is 250 g/mol. The van der Waals surface area contributed by atoms with Crippen LogP contribution in [0.1, 0.15) is 37.6 Å². The molecule has 0 fully saturated rings. The predicted molar refractivity (Wildman–Crippen MR) is 74.1 cm³/mol. The zero-order valence-electron chi connectivity index (χ0n) is 10.9. The summed E-state index contributed by atoms with van der Waals surface area (Å²) < 4.78 is 5.52. The van der Waals surface area contributed by atoms with Gasteiger partial charge < -0.3 is 10.1 Å². The average Bonchev–Trinajstić information content (AvgIpc) is 2.42. The Morgan fingerprint density at radius 2 is 2.17 bits per heavy atom. The van der Waals surface area contributed by atoms with E-state index in [0.29, 0.717) is 13.2 Å². The lowest BCUT2D eigenvalue weighted by Crippen LogP contribution is -2.27. The van der Waals surface area contributed by atoms with Gasteiger partial charge in [0, 0.05) is 6.54 Å². The van der Waals surface area contributed by atoms with Crippen LogP contribution in [0, 0.1) is 0 Å². The van der Waals surface area contributed by atoms with Crippen LogP contribution in [0.25, 0.3) is 0 Å². The van der Waals surface area contributed by atoms with Gasteiger partial charge in [0.2, 0.25) is 5.91 Å². The second kappa shape index (κ2) is 7.98. The highest BCUT2D eigenvalue weighted by molar-refractivity contribution is 6.30. The van der Waals surface area contributed by atoms with Crippen molar-refractivity contribution in [2.75, 3.05) is 13.2 Å². The van der Waals surface area contributed by atoms with E-state index in [1.807, 2.05) is 38.1 Å². The fraction of sp³-hybridized carbons (Fsp3) is 0.500. The monoisotopic (exact) mass is 269 g/mol.